The van der Waals surface area contributed by atoms with Gasteiger partial charge in [0.2, 0.25) is 0 Å². The first kappa shape index (κ1) is 14.0. The smallest absolute Gasteiger partial charge is 0.00926 e. The van der Waals surface area contributed by atoms with Gasteiger partial charge in [-0.05, 0) is 31.7 Å². The van der Waals surface area contributed by atoms with E-state index in [0.29, 0.717) is 0 Å². The van der Waals surface area contributed by atoms with E-state index in [2.05, 4.69) is 19.2 Å². The maximum atomic E-state index is 3.68. The van der Waals surface area contributed by atoms with Crippen LogP contribution in [0.3, 0.4) is 0 Å². The van der Waals surface area contributed by atoms with Crippen molar-refractivity contribution in [1.29, 1.82) is 0 Å². The minimum Gasteiger partial charge on any atom is -0.314 e. The molecule has 1 heterocycles. The van der Waals surface area contributed by atoms with Crippen molar-refractivity contribution in [2.75, 3.05) is 6.54 Å². The molecule has 1 nitrogen and oxygen atoms in total. The number of nitrogens with one attached hydrogen (secondary N) is 1. The largest absolute Gasteiger partial charge is 0.314 e. The highest BCUT2D eigenvalue weighted by molar-refractivity contribution is 4.77. The van der Waals surface area contributed by atoms with E-state index in [9.17, 15) is 0 Å². The molecule has 0 aliphatic carbocycles. The summed E-state index contributed by atoms with van der Waals surface area (Å²) in [7, 11) is 0. The third kappa shape index (κ3) is 5.89. The van der Waals surface area contributed by atoms with Crippen LogP contribution in [0.15, 0.2) is 0 Å². The first-order valence-corrected chi connectivity index (χ1v) is 7.58. The van der Waals surface area contributed by atoms with Crippen molar-refractivity contribution < 1.29 is 0 Å². The summed E-state index contributed by atoms with van der Waals surface area (Å²) in [5.74, 6) is 0.911. The van der Waals surface area contributed by atoms with Gasteiger partial charge in [0.15, 0.2) is 0 Å². The lowest BCUT2D eigenvalue weighted by Crippen LogP contribution is -2.39. The second kappa shape index (κ2) is 9.04. The van der Waals surface area contributed by atoms with Crippen LogP contribution >= 0.6 is 0 Å². The molecule has 2 atom stereocenters. The highest BCUT2D eigenvalue weighted by Crippen LogP contribution is 2.20. The highest BCUT2D eigenvalue weighted by atomic mass is 14.9. The topological polar surface area (TPSA) is 12.0 Å². The first-order valence-electron chi connectivity index (χ1n) is 7.58. The second-order valence-electron chi connectivity index (χ2n) is 5.59. The Hall–Kier alpha value is -0.0400. The van der Waals surface area contributed by atoms with Gasteiger partial charge in [0.25, 0.3) is 0 Å². The van der Waals surface area contributed by atoms with E-state index in [1.807, 2.05) is 0 Å². The van der Waals surface area contributed by atoms with Gasteiger partial charge < -0.3 is 5.32 Å². The Morgan fingerprint density at radius 3 is 2.38 bits per heavy atom. The molecule has 1 saturated heterocycles. The number of rotatable bonds is 8. The van der Waals surface area contributed by atoms with Gasteiger partial charge >= 0.3 is 0 Å². The molecule has 1 fully saturated rings. The van der Waals surface area contributed by atoms with Crippen LogP contribution in [0.2, 0.25) is 0 Å². The third-order valence-corrected chi connectivity index (χ3v) is 4.05. The molecular weight excluding hydrogens is 194 g/mol. The SMILES string of the molecule is CCCCCCCCCC1NCCCC1C. The molecule has 1 aliphatic heterocycles. The van der Waals surface area contributed by atoms with E-state index in [0.717, 1.165) is 12.0 Å². The molecule has 96 valence electrons. The molecule has 0 amide bonds. The van der Waals surface area contributed by atoms with Crippen molar-refractivity contribution in [2.24, 2.45) is 5.92 Å². The number of hydrogen-bond acceptors (Lipinski definition) is 1. The van der Waals surface area contributed by atoms with Gasteiger partial charge in [-0.15, -0.1) is 0 Å². The van der Waals surface area contributed by atoms with Crippen molar-refractivity contribution in [2.45, 2.75) is 84.1 Å². The fraction of sp³-hybridized carbons (Fsp3) is 1.00. The Bertz CT molecular complexity index is 156. The minimum absolute atomic E-state index is 0.824. The van der Waals surface area contributed by atoms with Crippen LogP contribution in [0, 0.1) is 5.92 Å². The molecule has 0 bridgehead atoms. The summed E-state index contributed by atoms with van der Waals surface area (Å²) in [4.78, 5) is 0. The number of piperidine rings is 1. The average Bonchev–Trinajstić information content (AvgIpc) is 2.30. The summed E-state index contributed by atoms with van der Waals surface area (Å²) in [6.07, 6.45) is 14.3. The second-order valence-corrected chi connectivity index (χ2v) is 5.59. The molecule has 0 aromatic rings. The summed E-state index contributed by atoms with van der Waals surface area (Å²) in [5.41, 5.74) is 0. The van der Waals surface area contributed by atoms with E-state index in [4.69, 9.17) is 0 Å². The van der Waals surface area contributed by atoms with E-state index >= 15 is 0 Å². The lowest BCUT2D eigenvalue weighted by molar-refractivity contribution is 0.280. The Kier molecular flexibility index (Phi) is 7.92. The summed E-state index contributed by atoms with van der Waals surface area (Å²) < 4.78 is 0. The third-order valence-electron chi connectivity index (χ3n) is 4.05. The van der Waals surface area contributed by atoms with Crippen LogP contribution in [0.25, 0.3) is 0 Å². The molecule has 16 heavy (non-hydrogen) atoms. The van der Waals surface area contributed by atoms with Crippen LogP contribution in [0.4, 0.5) is 0 Å². The minimum atomic E-state index is 0.824. The van der Waals surface area contributed by atoms with Gasteiger partial charge in [0.05, 0.1) is 0 Å². The van der Waals surface area contributed by atoms with Crippen molar-refractivity contribution in [3.05, 3.63) is 0 Å². The molecule has 1 heteroatoms. The zero-order valence-electron chi connectivity index (χ0n) is 11.4. The Morgan fingerprint density at radius 2 is 1.69 bits per heavy atom. The summed E-state index contributed by atoms with van der Waals surface area (Å²) in [5, 5.41) is 3.68. The standard InChI is InChI=1S/C15H31N/c1-3-4-5-6-7-8-9-12-15-14(2)11-10-13-16-15/h14-16H,3-13H2,1-2H3. The molecular formula is C15H31N. The fourth-order valence-electron chi connectivity index (χ4n) is 2.82. The van der Waals surface area contributed by atoms with Crippen LogP contribution in [0.5, 0.6) is 0 Å². The molecule has 0 aromatic heterocycles. The normalized spacial score (nSPS) is 25.9. The lowest BCUT2D eigenvalue weighted by atomic mass is 9.89. The van der Waals surface area contributed by atoms with Gasteiger partial charge in [0.1, 0.15) is 0 Å². The summed E-state index contributed by atoms with van der Waals surface area (Å²) in [6.45, 7) is 5.96. The quantitative estimate of drug-likeness (QED) is 0.599. The van der Waals surface area contributed by atoms with Crippen LogP contribution in [-0.2, 0) is 0 Å². The fourth-order valence-corrected chi connectivity index (χ4v) is 2.82. The highest BCUT2D eigenvalue weighted by Gasteiger charge is 2.19. The predicted molar refractivity (Wildman–Crippen MR) is 72.8 cm³/mol. The van der Waals surface area contributed by atoms with Gasteiger partial charge in [-0.2, -0.15) is 0 Å². The Balaban J connectivity index is 1.90. The van der Waals surface area contributed by atoms with E-state index in [-0.39, 0.29) is 0 Å². The van der Waals surface area contributed by atoms with Gasteiger partial charge in [0, 0.05) is 6.04 Å². The van der Waals surface area contributed by atoms with E-state index < -0.39 is 0 Å². The molecule has 2 unspecified atom stereocenters. The van der Waals surface area contributed by atoms with Crippen molar-refractivity contribution in [3.63, 3.8) is 0 Å². The zero-order valence-corrected chi connectivity index (χ0v) is 11.4. The first-order chi connectivity index (χ1) is 7.84. The monoisotopic (exact) mass is 225 g/mol. The van der Waals surface area contributed by atoms with Gasteiger partial charge in [-0.3, -0.25) is 0 Å². The Morgan fingerprint density at radius 1 is 1.00 bits per heavy atom. The van der Waals surface area contributed by atoms with Crippen molar-refractivity contribution in [1.82, 2.24) is 5.32 Å². The van der Waals surface area contributed by atoms with Crippen molar-refractivity contribution in [3.8, 4) is 0 Å². The maximum Gasteiger partial charge on any atom is 0.00926 e. The molecule has 1 rings (SSSR count). The maximum absolute atomic E-state index is 3.68. The molecule has 0 saturated carbocycles. The van der Waals surface area contributed by atoms with Gasteiger partial charge in [-0.1, -0.05) is 58.8 Å². The number of hydrogen-bond donors (Lipinski definition) is 1. The zero-order chi connectivity index (χ0) is 11.6. The van der Waals surface area contributed by atoms with Crippen LogP contribution in [-0.4, -0.2) is 12.6 Å². The molecule has 0 aromatic carbocycles. The van der Waals surface area contributed by atoms with Crippen molar-refractivity contribution >= 4 is 0 Å². The van der Waals surface area contributed by atoms with Crippen LogP contribution in [0.1, 0.15) is 78.1 Å². The molecule has 1 N–H and O–H groups in total. The summed E-state index contributed by atoms with van der Waals surface area (Å²) in [6, 6.07) is 0.824. The number of unbranched alkanes of at least 4 members (excludes halogenated alkanes) is 6. The molecule has 1 aliphatic rings. The molecule has 0 radical (unpaired) electrons. The van der Waals surface area contributed by atoms with Crippen LogP contribution < -0.4 is 5.32 Å². The lowest BCUT2D eigenvalue weighted by Gasteiger charge is -2.30. The predicted octanol–water partition coefficient (Wildman–Crippen LogP) is 4.52. The summed E-state index contributed by atoms with van der Waals surface area (Å²) >= 11 is 0. The Labute approximate surface area is 102 Å². The molecule has 0 spiro atoms. The van der Waals surface area contributed by atoms with Gasteiger partial charge in [-0.25, -0.2) is 0 Å². The average molecular weight is 225 g/mol. The van der Waals surface area contributed by atoms with E-state index in [1.165, 1.54) is 70.8 Å². The van der Waals surface area contributed by atoms with E-state index in [1.54, 1.807) is 0 Å².